The van der Waals surface area contributed by atoms with Crippen LogP contribution in [-0.4, -0.2) is 12.0 Å². The van der Waals surface area contributed by atoms with Crippen LogP contribution in [0.15, 0.2) is 54.6 Å². The van der Waals surface area contributed by atoms with Crippen LogP contribution in [0.5, 0.6) is 5.75 Å². The average Bonchev–Trinajstić information content (AvgIpc) is 2.42. The zero-order valence-corrected chi connectivity index (χ0v) is 10.9. The first-order valence-electron chi connectivity index (χ1n) is 5.66. The summed E-state index contributed by atoms with van der Waals surface area (Å²) in [4.78, 5) is 11.5. The molecular formula is C14H10ClF2NO2. The number of nitrogens with one attached hydrogen (secondary N) is 1. The van der Waals surface area contributed by atoms with Gasteiger partial charge in [0, 0.05) is 10.7 Å². The summed E-state index contributed by atoms with van der Waals surface area (Å²) in [5.41, 5.74) is 0.204. The molecule has 0 aliphatic rings. The molecule has 104 valence electrons. The summed E-state index contributed by atoms with van der Waals surface area (Å²) in [6, 6.07) is 13.2. The van der Waals surface area contributed by atoms with Gasteiger partial charge in [-0.15, -0.1) is 0 Å². The highest BCUT2D eigenvalue weighted by atomic mass is 35.5. The zero-order chi connectivity index (χ0) is 14.6. The van der Waals surface area contributed by atoms with E-state index in [2.05, 4.69) is 10.1 Å². The van der Waals surface area contributed by atoms with E-state index in [0.29, 0.717) is 5.02 Å². The third-order valence-electron chi connectivity index (χ3n) is 2.36. The van der Waals surface area contributed by atoms with Gasteiger partial charge in [-0.2, -0.15) is 8.78 Å². The summed E-state index contributed by atoms with van der Waals surface area (Å²) in [5, 5.41) is 2.50. The fraction of sp³-hybridized carbons (Fsp3) is 0.0714. The molecule has 0 saturated carbocycles. The highest BCUT2D eigenvalue weighted by molar-refractivity contribution is 6.30. The smallest absolute Gasteiger partial charge is 0.425 e. The van der Waals surface area contributed by atoms with Gasteiger partial charge in [0.15, 0.2) is 0 Å². The molecule has 0 fully saturated rings. The zero-order valence-electron chi connectivity index (χ0n) is 10.1. The number of hydrogen-bond acceptors (Lipinski definition) is 2. The Kier molecular flexibility index (Phi) is 4.20. The molecule has 0 aromatic heterocycles. The molecule has 0 aliphatic heterocycles. The number of carbonyl (C=O) groups is 1. The second-order valence-corrected chi connectivity index (χ2v) is 4.33. The lowest BCUT2D eigenvalue weighted by Crippen LogP contribution is -2.39. The minimum Gasteiger partial charge on any atom is -0.425 e. The maximum absolute atomic E-state index is 13.6. The fourth-order valence-electron chi connectivity index (χ4n) is 1.42. The Morgan fingerprint density at radius 2 is 1.65 bits per heavy atom. The van der Waals surface area contributed by atoms with Gasteiger partial charge in [-0.1, -0.05) is 29.8 Å². The van der Waals surface area contributed by atoms with Crippen LogP contribution in [0.25, 0.3) is 0 Å². The monoisotopic (exact) mass is 297 g/mol. The molecule has 0 atom stereocenters. The van der Waals surface area contributed by atoms with Gasteiger partial charge in [0.05, 0.1) is 0 Å². The van der Waals surface area contributed by atoms with E-state index >= 15 is 0 Å². The summed E-state index contributed by atoms with van der Waals surface area (Å²) in [7, 11) is 0. The topological polar surface area (TPSA) is 38.3 Å². The van der Waals surface area contributed by atoms with E-state index < -0.39 is 12.0 Å². The van der Waals surface area contributed by atoms with Crippen LogP contribution in [0.3, 0.4) is 0 Å². The number of carbonyl (C=O) groups excluding carboxylic acids is 1. The molecule has 3 nitrogen and oxygen atoms in total. The Morgan fingerprint density at radius 3 is 2.25 bits per heavy atom. The minimum atomic E-state index is -3.97. The van der Waals surface area contributed by atoms with E-state index in [9.17, 15) is 13.6 Å². The molecule has 6 heteroatoms. The maximum Gasteiger partial charge on any atom is 0.482 e. The van der Waals surface area contributed by atoms with Crippen LogP contribution in [0.1, 0.15) is 0 Å². The summed E-state index contributed by atoms with van der Waals surface area (Å²) in [6.45, 7) is 0. The molecule has 2 aromatic rings. The van der Waals surface area contributed by atoms with Crippen molar-refractivity contribution in [1.29, 1.82) is 0 Å². The van der Waals surface area contributed by atoms with Crippen LogP contribution in [0, 0.1) is 0 Å². The van der Waals surface area contributed by atoms with Crippen LogP contribution < -0.4 is 10.1 Å². The van der Waals surface area contributed by atoms with E-state index in [1.165, 1.54) is 48.5 Å². The van der Waals surface area contributed by atoms with Crippen molar-refractivity contribution in [2.24, 2.45) is 0 Å². The third-order valence-corrected chi connectivity index (χ3v) is 2.61. The summed E-state index contributed by atoms with van der Waals surface area (Å²) in [5.74, 6) is -1.65. The van der Waals surface area contributed by atoms with Crippen molar-refractivity contribution in [3.05, 3.63) is 59.6 Å². The Hall–Kier alpha value is -2.14. The van der Waals surface area contributed by atoms with E-state index in [-0.39, 0.29) is 11.4 Å². The van der Waals surface area contributed by atoms with E-state index in [1.807, 2.05) is 0 Å². The summed E-state index contributed by atoms with van der Waals surface area (Å²) < 4.78 is 31.6. The molecule has 0 aliphatic carbocycles. The van der Waals surface area contributed by atoms with E-state index in [0.717, 1.165) is 0 Å². The van der Waals surface area contributed by atoms with Gasteiger partial charge in [-0.25, -0.2) is 0 Å². The molecule has 2 aromatic carbocycles. The number of hydrogen-bond donors (Lipinski definition) is 1. The second-order valence-electron chi connectivity index (χ2n) is 3.89. The first-order chi connectivity index (χ1) is 9.47. The Morgan fingerprint density at radius 1 is 1.05 bits per heavy atom. The molecule has 0 saturated heterocycles. The predicted molar refractivity (Wildman–Crippen MR) is 72.1 cm³/mol. The normalized spacial score (nSPS) is 10.9. The number of para-hydroxylation sites is 1. The molecule has 0 radical (unpaired) electrons. The van der Waals surface area contributed by atoms with Gasteiger partial charge >= 0.3 is 12.0 Å². The maximum atomic E-state index is 13.6. The van der Waals surface area contributed by atoms with Gasteiger partial charge in [-0.05, 0) is 36.4 Å². The van der Waals surface area contributed by atoms with Crippen LogP contribution >= 0.6 is 11.6 Å². The summed E-state index contributed by atoms with van der Waals surface area (Å²) >= 11 is 5.66. The molecule has 0 unspecified atom stereocenters. The van der Waals surface area contributed by atoms with Gasteiger partial charge in [0.2, 0.25) is 0 Å². The molecule has 1 amide bonds. The molecule has 2 rings (SSSR count). The lowest BCUT2D eigenvalue weighted by molar-refractivity contribution is -0.187. The first kappa shape index (κ1) is 14.3. The lowest BCUT2D eigenvalue weighted by atomic mass is 10.3. The number of halogens is 3. The number of rotatable bonds is 4. The van der Waals surface area contributed by atoms with Crippen molar-refractivity contribution >= 4 is 23.2 Å². The standard InChI is InChI=1S/C14H10ClF2NO2/c15-10-6-8-11(9-7-10)18-13(19)14(16,17)20-12-4-2-1-3-5-12/h1-9H,(H,18,19). The fourth-order valence-corrected chi connectivity index (χ4v) is 1.55. The molecule has 0 bridgehead atoms. The number of benzene rings is 2. The second kappa shape index (κ2) is 5.88. The molecule has 0 spiro atoms. The first-order valence-corrected chi connectivity index (χ1v) is 6.04. The molecular weight excluding hydrogens is 288 g/mol. The largest absolute Gasteiger partial charge is 0.482 e. The average molecular weight is 298 g/mol. The Bertz CT molecular complexity index is 588. The van der Waals surface area contributed by atoms with Gasteiger partial charge in [0.1, 0.15) is 5.75 Å². The SMILES string of the molecule is O=C(Nc1ccc(Cl)cc1)C(F)(F)Oc1ccccc1. The summed E-state index contributed by atoms with van der Waals surface area (Å²) in [6.07, 6.45) is -3.97. The van der Waals surface area contributed by atoms with Crippen molar-refractivity contribution in [3.8, 4) is 5.75 Å². The van der Waals surface area contributed by atoms with Crippen molar-refractivity contribution in [3.63, 3.8) is 0 Å². The van der Waals surface area contributed by atoms with E-state index in [1.54, 1.807) is 6.07 Å². The van der Waals surface area contributed by atoms with Gasteiger partial charge < -0.3 is 10.1 Å². The quantitative estimate of drug-likeness (QED) is 0.928. The molecule has 20 heavy (non-hydrogen) atoms. The van der Waals surface area contributed by atoms with Crippen molar-refractivity contribution in [2.45, 2.75) is 6.11 Å². The van der Waals surface area contributed by atoms with Crippen molar-refractivity contribution < 1.29 is 18.3 Å². The Balaban J connectivity index is 2.05. The number of alkyl halides is 2. The van der Waals surface area contributed by atoms with E-state index in [4.69, 9.17) is 11.6 Å². The highest BCUT2D eigenvalue weighted by Crippen LogP contribution is 2.23. The predicted octanol–water partition coefficient (Wildman–Crippen LogP) is 3.95. The molecule has 0 heterocycles. The highest BCUT2D eigenvalue weighted by Gasteiger charge is 2.42. The minimum absolute atomic E-state index is 0.0937. The number of ether oxygens (including phenoxy) is 1. The molecule has 1 N–H and O–H groups in total. The van der Waals surface area contributed by atoms with Crippen molar-refractivity contribution in [2.75, 3.05) is 5.32 Å². The van der Waals surface area contributed by atoms with Crippen molar-refractivity contribution in [1.82, 2.24) is 0 Å². The number of amides is 1. The number of anilines is 1. The van der Waals surface area contributed by atoms with Crippen LogP contribution in [0.2, 0.25) is 5.02 Å². The van der Waals surface area contributed by atoms with Gasteiger partial charge in [0.25, 0.3) is 0 Å². The van der Waals surface area contributed by atoms with Gasteiger partial charge in [-0.3, -0.25) is 4.79 Å². The third kappa shape index (κ3) is 3.68. The van der Waals surface area contributed by atoms with Crippen LogP contribution in [0.4, 0.5) is 14.5 Å². The lowest BCUT2D eigenvalue weighted by Gasteiger charge is -2.17. The Labute approximate surface area is 119 Å². The van der Waals surface area contributed by atoms with Crippen LogP contribution in [-0.2, 0) is 4.79 Å².